The van der Waals surface area contributed by atoms with Crippen molar-refractivity contribution in [1.82, 2.24) is 15.6 Å². The number of aromatic nitrogens is 1. The van der Waals surface area contributed by atoms with Gasteiger partial charge in [0.15, 0.2) is 0 Å². The molecule has 0 atom stereocenters. The number of benzene rings is 1. The quantitative estimate of drug-likeness (QED) is 0.844. The highest BCUT2D eigenvalue weighted by Crippen LogP contribution is 2.18. The summed E-state index contributed by atoms with van der Waals surface area (Å²) in [4.78, 5) is 19.7. The smallest absolute Gasteiger partial charge is 0.315 e. The summed E-state index contributed by atoms with van der Waals surface area (Å²) < 4.78 is 13.9. The second kappa shape index (κ2) is 8.32. The SMILES string of the molecule is CN(C)c1cc(CNC(=O)NCc2ccc(N(C)C)c(F)c2)ccn1. The van der Waals surface area contributed by atoms with Crippen molar-refractivity contribution >= 4 is 17.5 Å². The van der Waals surface area contributed by atoms with Crippen LogP contribution in [-0.4, -0.2) is 39.2 Å². The maximum absolute atomic E-state index is 13.9. The van der Waals surface area contributed by atoms with Gasteiger partial charge in [0.25, 0.3) is 0 Å². The molecule has 0 aliphatic rings. The Kier molecular flexibility index (Phi) is 6.16. The number of nitrogens with one attached hydrogen (secondary N) is 2. The van der Waals surface area contributed by atoms with Gasteiger partial charge in [0.2, 0.25) is 0 Å². The van der Waals surface area contributed by atoms with E-state index in [1.807, 2.05) is 31.1 Å². The fraction of sp³-hybridized carbons (Fsp3) is 0.333. The van der Waals surface area contributed by atoms with Gasteiger partial charge in [-0.05, 0) is 35.4 Å². The van der Waals surface area contributed by atoms with Crippen molar-refractivity contribution in [3.8, 4) is 0 Å². The number of urea groups is 1. The van der Waals surface area contributed by atoms with Gasteiger partial charge in [-0.1, -0.05) is 6.07 Å². The molecule has 0 unspecified atom stereocenters. The lowest BCUT2D eigenvalue weighted by molar-refractivity contribution is 0.240. The Morgan fingerprint density at radius 3 is 2.20 bits per heavy atom. The molecule has 0 radical (unpaired) electrons. The van der Waals surface area contributed by atoms with Gasteiger partial charge in [-0.15, -0.1) is 0 Å². The van der Waals surface area contributed by atoms with Crippen LogP contribution in [0.4, 0.5) is 20.7 Å². The number of pyridine rings is 1. The van der Waals surface area contributed by atoms with Gasteiger partial charge in [0.05, 0.1) is 5.69 Å². The lowest BCUT2D eigenvalue weighted by Crippen LogP contribution is -2.34. The van der Waals surface area contributed by atoms with E-state index in [1.165, 1.54) is 6.07 Å². The molecule has 7 heteroatoms. The van der Waals surface area contributed by atoms with Gasteiger partial charge in [-0.3, -0.25) is 0 Å². The second-order valence-electron chi connectivity index (χ2n) is 6.13. The third-order valence-corrected chi connectivity index (χ3v) is 3.67. The number of carbonyl (C=O) groups is 1. The number of hydrogen-bond donors (Lipinski definition) is 2. The Morgan fingerprint density at radius 1 is 1.00 bits per heavy atom. The Bertz CT molecular complexity index is 733. The first-order chi connectivity index (χ1) is 11.9. The molecule has 0 saturated heterocycles. The van der Waals surface area contributed by atoms with Gasteiger partial charge in [-0.25, -0.2) is 14.2 Å². The molecule has 2 rings (SSSR count). The maximum Gasteiger partial charge on any atom is 0.315 e. The van der Waals surface area contributed by atoms with E-state index < -0.39 is 0 Å². The van der Waals surface area contributed by atoms with Crippen molar-refractivity contribution in [1.29, 1.82) is 0 Å². The highest BCUT2D eigenvalue weighted by atomic mass is 19.1. The molecule has 6 nitrogen and oxygen atoms in total. The van der Waals surface area contributed by atoms with Crippen molar-refractivity contribution < 1.29 is 9.18 Å². The number of nitrogens with zero attached hydrogens (tertiary/aromatic N) is 3. The van der Waals surface area contributed by atoms with E-state index in [0.717, 1.165) is 11.4 Å². The zero-order valence-electron chi connectivity index (χ0n) is 15.0. The van der Waals surface area contributed by atoms with Crippen LogP contribution in [0.25, 0.3) is 0 Å². The van der Waals surface area contributed by atoms with Crippen molar-refractivity contribution in [3.05, 3.63) is 53.5 Å². The molecule has 0 aliphatic carbocycles. The maximum atomic E-state index is 13.9. The largest absolute Gasteiger partial charge is 0.375 e. The van der Waals surface area contributed by atoms with Crippen molar-refractivity contribution in [2.45, 2.75) is 13.1 Å². The van der Waals surface area contributed by atoms with Crippen LogP contribution >= 0.6 is 0 Å². The minimum Gasteiger partial charge on any atom is -0.375 e. The molecule has 0 aliphatic heterocycles. The van der Waals surface area contributed by atoms with Crippen LogP contribution in [0, 0.1) is 5.82 Å². The summed E-state index contributed by atoms with van der Waals surface area (Å²) in [5, 5.41) is 5.51. The molecule has 2 N–H and O–H groups in total. The highest BCUT2D eigenvalue weighted by molar-refractivity contribution is 5.73. The summed E-state index contributed by atoms with van der Waals surface area (Å²) in [6, 6.07) is 8.38. The number of anilines is 2. The molecular formula is C18H24FN5O. The summed E-state index contributed by atoms with van der Waals surface area (Å²) in [7, 11) is 7.38. The fourth-order valence-electron chi connectivity index (χ4n) is 2.27. The van der Waals surface area contributed by atoms with E-state index in [2.05, 4.69) is 15.6 Å². The third-order valence-electron chi connectivity index (χ3n) is 3.67. The first kappa shape index (κ1) is 18.5. The van der Waals surface area contributed by atoms with E-state index in [0.29, 0.717) is 17.8 Å². The van der Waals surface area contributed by atoms with E-state index in [4.69, 9.17) is 0 Å². The first-order valence-corrected chi connectivity index (χ1v) is 7.96. The number of rotatable bonds is 6. The molecular weight excluding hydrogens is 321 g/mol. The summed E-state index contributed by atoms with van der Waals surface area (Å²) >= 11 is 0. The molecule has 0 fully saturated rings. The van der Waals surface area contributed by atoms with Gasteiger partial charge in [0.1, 0.15) is 11.6 Å². The van der Waals surface area contributed by atoms with Crippen molar-refractivity contribution in [2.24, 2.45) is 0 Å². The predicted octanol–water partition coefficient (Wildman–Crippen LogP) is 2.35. The lowest BCUT2D eigenvalue weighted by atomic mass is 10.2. The Balaban J connectivity index is 1.85. The monoisotopic (exact) mass is 345 g/mol. The molecule has 25 heavy (non-hydrogen) atoms. The molecule has 1 aromatic carbocycles. The first-order valence-electron chi connectivity index (χ1n) is 7.96. The van der Waals surface area contributed by atoms with Crippen LogP contribution in [0.2, 0.25) is 0 Å². The molecule has 2 aromatic rings. The Hall–Kier alpha value is -2.83. The molecule has 0 spiro atoms. The van der Waals surface area contributed by atoms with Gasteiger partial charge in [0, 0.05) is 47.5 Å². The van der Waals surface area contributed by atoms with Gasteiger partial charge >= 0.3 is 6.03 Å². The van der Waals surface area contributed by atoms with Crippen LogP contribution in [0.15, 0.2) is 36.5 Å². The molecule has 0 saturated carbocycles. The van der Waals surface area contributed by atoms with Crippen molar-refractivity contribution in [2.75, 3.05) is 38.0 Å². The van der Waals surface area contributed by atoms with Gasteiger partial charge < -0.3 is 20.4 Å². The number of halogens is 1. The van der Waals surface area contributed by atoms with E-state index in [1.54, 1.807) is 37.3 Å². The van der Waals surface area contributed by atoms with Crippen LogP contribution < -0.4 is 20.4 Å². The normalized spacial score (nSPS) is 10.3. The highest BCUT2D eigenvalue weighted by Gasteiger charge is 2.07. The third kappa shape index (κ3) is 5.34. The van der Waals surface area contributed by atoms with E-state index in [9.17, 15) is 9.18 Å². The fourth-order valence-corrected chi connectivity index (χ4v) is 2.27. The number of carbonyl (C=O) groups excluding carboxylic acids is 1. The average Bonchev–Trinajstić information content (AvgIpc) is 2.58. The second-order valence-corrected chi connectivity index (χ2v) is 6.13. The number of amides is 2. The predicted molar refractivity (Wildman–Crippen MR) is 98.4 cm³/mol. The molecule has 1 aromatic heterocycles. The van der Waals surface area contributed by atoms with E-state index in [-0.39, 0.29) is 18.4 Å². The molecule has 1 heterocycles. The average molecular weight is 345 g/mol. The van der Waals surface area contributed by atoms with E-state index >= 15 is 0 Å². The zero-order chi connectivity index (χ0) is 18.4. The Labute approximate surface area is 147 Å². The lowest BCUT2D eigenvalue weighted by Gasteiger charge is -2.15. The molecule has 2 amide bonds. The van der Waals surface area contributed by atoms with Crippen LogP contribution in [-0.2, 0) is 13.1 Å². The zero-order valence-corrected chi connectivity index (χ0v) is 15.0. The topological polar surface area (TPSA) is 60.5 Å². The summed E-state index contributed by atoms with van der Waals surface area (Å²) in [6.07, 6.45) is 1.71. The van der Waals surface area contributed by atoms with Crippen LogP contribution in [0.1, 0.15) is 11.1 Å². The van der Waals surface area contributed by atoms with Crippen molar-refractivity contribution in [3.63, 3.8) is 0 Å². The van der Waals surface area contributed by atoms with Crippen LogP contribution in [0.5, 0.6) is 0 Å². The standard InChI is InChI=1S/C18H24FN5O/c1-23(2)16-6-5-13(9-15(16)19)11-21-18(25)22-12-14-7-8-20-17(10-14)24(3)4/h5-10H,11-12H2,1-4H3,(H2,21,22,25). The summed E-state index contributed by atoms with van der Waals surface area (Å²) in [5.41, 5.74) is 2.18. The molecule has 0 bridgehead atoms. The summed E-state index contributed by atoms with van der Waals surface area (Å²) in [6.45, 7) is 0.652. The molecule has 134 valence electrons. The number of hydrogen-bond acceptors (Lipinski definition) is 4. The summed E-state index contributed by atoms with van der Waals surface area (Å²) in [5.74, 6) is 0.522. The minimum atomic E-state index is -0.308. The minimum absolute atomic E-state index is 0.260. The van der Waals surface area contributed by atoms with Gasteiger partial charge in [-0.2, -0.15) is 0 Å². The van der Waals surface area contributed by atoms with Crippen LogP contribution in [0.3, 0.4) is 0 Å². The Morgan fingerprint density at radius 2 is 1.64 bits per heavy atom.